The molecule has 1 unspecified atom stereocenters. The number of imidazole rings is 1. The van der Waals surface area contributed by atoms with E-state index in [0.29, 0.717) is 12.1 Å². The lowest BCUT2D eigenvalue weighted by molar-refractivity contribution is -0.134. The molecule has 164 valence electrons. The second kappa shape index (κ2) is 8.66. The molecule has 8 nitrogen and oxygen atoms in total. The lowest BCUT2D eigenvalue weighted by atomic mass is 9.91. The number of aromatic nitrogens is 2. The summed E-state index contributed by atoms with van der Waals surface area (Å²) in [6.45, 7) is 4.30. The Morgan fingerprint density at radius 2 is 1.75 bits per heavy atom. The zero-order valence-corrected chi connectivity index (χ0v) is 18.0. The van der Waals surface area contributed by atoms with Crippen molar-refractivity contribution in [3.63, 3.8) is 0 Å². The van der Waals surface area contributed by atoms with Gasteiger partial charge in [0.2, 0.25) is 5.91 Å². The highest BCUT2D eigenvalue weighted by Gasteiger charge is 2.49. The maximum atomic E-state index is 13.0. The minimum absolute atomic E-state index is 0.309. The second-order valence-corrected chi connectivity index (χ2v) is 8.14. The number of carbonyl (C=O) groups excluding carboxylic acids is 3. The molecule has 1 fully saturated rings. The number of benzene rings is 2. The molecule has 0 spiro atoms. The van der Waals surface area contributed by atoms with Gasteiger partial charge in [0, 0.05) is 25.5 Å². The van der Waals surface area contributed by atoms with Gasteiger partial charge in [-0.25, -0.2) is 9.78 Å². The largest absolute Gasteiger partial charge is 0.350 e. The van der Waals surface area contributed by atoms with Crippen molar-refractivity contribution >= 4 is 17.8 Å². The fourth-order valence-corrected chi connectivity index (χ4v) is 3.68. The molecule has 1 aliphatic rings. The first-order chi connectivity index (χ1) is 15.3. The van der Waals surface area contributed by atoms with Gasteiger partial charge in [0.05, 0.1) is 6.33 Å². The summed E-state index contributed by atoms with van der Waals surface area (Å²) in [5.74, 6) is -0.838. The van der Waals surface area contributed by atoms with Crippen LogP contribution in [0.25, 0.3) is 0 Å². The number of amides is 4. The number of nitrogens with zero attached hydrogens (tertiary/aromatic N) is 3. The molecule has 4 amide bonds. The number of carbonyl (C=O) groups is 3. The Balaban J connectivity index is 1.33. The van der Waals surface area contributed by atoms with Crippen LogP contribution in [-0.2, 0) is 28.2 Å². The van der Waals surface area contributed by atoms with Gasteiger partial charge in [0.1, 0.15) is 12.1 Å². The van der Waals surface area contributed by atoms with E-state index in [4.69, 9.17) is 0 Å². The lowest BCUT2D eigenvalue weighted by Gasteiger charge is -2.22. The van der Waals surface area contributed by atoms with Crippen molar-refractivity contribution in [3.8, 4) is 0 Å². The summed E-state index contributed by atoms with van der Waals surface area (Å²) in [7, 11) is 0. The first-order valence-electron chi connectivity index (χ1n) is 10.4. The van der Waals surface area contributed by atoms with Crippen LogP contribution < -0.4 is 10.6 Å². The Morgan fingerprint density at radius 3 is 2.41 bits per heavy atom. The Morgan fingerprint density at radius 1 is 1.06 bits per heavy atom. The molecule has 32 heavy (non-hydrogen) atoms. The Kier molecular flexibility index (Phi) is 5.77. The Hall–Kier alpha value is -3.94. The third-order valence-corrected chi connectivity index (χ3v) is 5.64. The smallest absolute Gasteiger partial charge is 0.325 e. The van der Waals surface area contributed by atoms with Gasteiger partial charge in [0.15, 0.2) is 0 Å². The molecule has 2 aromatic carbocycles. The quantitative estimate of drug-likeness (QED) is 0.561. The third kappa shape index (κ3) is 4.39. The van der Waals surface area contributed by atoms with Crippen molar-refractivity contribution in [1.82, 2.24) is 25.1 Å². The fourth-order valence-electron chi connectivity index (χ4n) is 3.68. The summed E-state index contributed by atoms with van der Waals surface area (Å²) in [6.07, 6.45) is 5.39. The van der Waals surface area contributed by atoms with Crippen molar-refractivity contribution in [2.24, 2.45) is 0 Å². The minimum Gasteiger partial charge on any atom is -0.350 e. The molecule has 0 aliphatic carbocycles. The van der Waals surface area contributed by atoms with E-state index in [1.165, 1.54) is 0 Å². The van der Waals surface area contributed by atoms with Gasteiger partial charge in [-0.1, -0.05) is 54.1 Å². The molecule has 2 N–H and O–H groups in total. The van der Waals surface area contributed by atoms with E-state index in [1.807, 2.05) is 66.2 Å². The van der Waals surface area contributed by atoms with Gasteiger partial charge in [-0.05, 0) is 30.5 Å². The molecule has 8 heteroatoms. The van der Waals surface area contributed by atoms with E-state index in [2.05, 4.69) is 15.6 Å². The SMILES string of the molecule is Cc1ccc(C2(C)NC(=O)N(CC(=O)NCc3ccc(Cn4ccnc4)cc3)C2=O)cc1. The Bertz CT molecular complexity index is 1120. The number of aryl methyl sites for hydroxylation is 1. The molecular weight excluding hydrogens is 406 g/mol. The summed E-state index contributed by atoms with van der Waals surface area (Å²) >= 11 is 0. The van der Waals surface area contributed by atoms with E-state index < -0.39 is 23.4 Å². The van der Waals surface area contributed by atoms with Crippen LogP contribution in [0.1, 0.15) is 29.2 Å². The second-order valence-electron chi connectivity index (χ2n) is 8.14. The molecular formula is C24H25N5O3. The highest BCUT2D eigenvalue weighted by Crippen LogP contribution is 2.28. The van der Waals surface area contributed by atoms with Crippen molar-refractivity contribution in [1.29, 1.82) is 0 Å². The van der Waals surface area contributed by atoms with Gasteiger partial charge in [-0.2, -0.15) is 0 Å². The summed E-state index contributed by atoms with van der Waals surface area (Å²) in [4.78, 5) is 42.8. The average Bonchev–Trinajstić information content (AvgIpc) is 3.36. The number of nitrogens with one attached hydrogen (secondary N) is 2. The van der Waals surface area contributed by atoms with E-state index in [0.717, 1.165) is 28.1 Å². The lowest BCUT2D eigenvalue weighted by Crippen LogP contribution is -2.43. The standard InChI is InChI=1S/C24H25N5O3/c1-17-3-9-20(10-4-17)24(2)22(31)29(23(32)27-24)15-21(30)26-13-18-5-7-19(8-6-18)14-28-12-11-25-16-28/h3-12,16H,13-15H2,1-2H3,(H,26,30)(H,27,32). The van der Waals surface area contributed by atoms with Crippen molar-refractivity contribution in [3.05, 3.63) is 89.5 Å². The Labute approximate surface area is 186 Å². The highest BCUT2D eigenvalue weighted by atomic mass is 16.2. The van der Waals surface area contributed by atoms with E-state index in [1.54, 1.807) is 19.4 Å². The molecule has 3 aromatic rings. The van der Waals surface area contributed by atoms with Crippen LogP contribution in [-0.4, -0.2) is 38.8 Å². The van der Waals surface area contributed by atoms with E-state index >= 15 is 0 Å². The van der Waals surface area contributed by atoms with E-state index in [-0.39, 0.29) is 6.54 Å². The summed E-state index contributed by atoms with van der Waals surface area (Å²) < 4.78 is 1.97. The van der Waals surface area contributed by atoms with Crippen molar-refractivity contribution in [2.75, 3.05) is 6.54 Å². The van der Waals surface area contributed by atoms with Crippen LogP contribution >= 0.6 is 0 Å². The van der Waals surface area contributed by atoms with Crippen molar-refractivity contribution < 1.29 is 14.4 Å². The molecule has 1 saturated heterocycles. The molecule has 4 rings (SSSR count). The number of hydrogen-bond acceptors (Lipinski definition) is 4. The molecule has 0 bridgehead atoms. The topological polar surface area (TPSA) is 96.3 Å². The van der Waals surface area contributed by atoms with Gasteiger partial charge < -0.3 is 15.2 Å². The number of hydrogen-bond donors (Lipinski definition) is 2. The summed E-state index contributed by atoms with van der Waals surface area (Å²) in [5.41, 5.74) is 2.60. The maximum Gasteiger partial charge on any atom is 0.325 e. The van der Waals surface area contributed by atoms with E-state index in [9.17, 15) is 14.4 Å². The number of urea groups is 1. The van der Waals surface area contributed by atoms with Crippen molar-refractivity contribution in [2.45, 2.75) is 32.5 Å². The van der Waals surface area contributed by atoms with Gasteiger partial charge in [-0.3, -0.25) is 14.5 Å². The first kappa shape index (κ1) is 21.3. The molecule has 1 atom stereocenters. The maximum absolute atomic E-state index is 13.0. The van der Waals surface area contributed by atoms with Gasteiger partial charge >= 0.3 is 6.03 Å². The summed E-state index contributed by atoms with van der Waals surface area (Å²) in [5, 5.41) is 5.50. The van der Waals surface area contributed by atoms with Gasteiger partial charge in [0.25, 0.3) is 5.91 Å². The van der Waals surface area contributed by atoms with Crippen LogP contribution in [0.3, 0.4) is 0 Å². The fraction of sp³-hybridized carbons (Fsp3) is 0.250. The van der Waals surface area contributed by atoms with Crippen LogP contribution in [0.5, 0.6) is 0 Å². The predicted octanol–water partition coefficient (Wildman–Crippen LogP) is 2.32. The number of imide groups is 1. The average molecular weight is 431 g/mol. The molecule has 0 radical (unpaired) electrons. The van der Waals surface area contributed by atoms with Crippen LogP contribution in [0, 0.1) is 6.92 Å². The monoisotopic (exact) mass is 431 g/mol. The highest BCUT2D eigenvalue weighted by molar-refractivity contribution is 6.09. The zero-order chi connectivity index (χ0) is 22.7. The molecule has 1 aliphatic heterocycles. The molecule has 2 heterocycles. The predicted molar refractivity (Wildman–Crippen MR) is 118 cm³/mol. The number of rotatable bonds is 7. The van der Waals surface area contributed by atoms with Gasteiger partial charge in [-0.15, -0.1) is 0 Å². The molecule has 0 saturated carbocycles. The minimum atomic E-state index is -1.18. The summed E-state index contributed by atoms with van der Waals surface area (Å²) in [6, 6.07) is 14.7. The van der Waals surface area contributed by atoms with Crippen LogP contribution in [0.2, 0.25) is 0 Å². The van der Waals surface area contributed by atoms with Crippen LogP contribution in [0.4, 0.5) is 4.79 Å². The van der Waals surface area contributed by atoms with Crippen LogP contribution in [0.15, 0.2) is 67.3 Å². The third-order valence-electron chi connectivity index (χ3n) is 5.64. The normalized spacial score (nSPS) is 18.0. The molecule has 1 aromatic heterocycles. The zero-order valence-electron chi connectivity index (χ0n) is 18.0. The first-order valence-corrected chi connectivity index (χ1v) is 10.4.